The van der Waals surface area contributed by atoms with Crippen molar-refractivity contribution in [3.63, 3.8) is 0 Å². The lowest BCUT2D eigenvalue weighted by Crippen LogP contribution is -2.02. The van der Waals surface area contributed by atoms with Crippen LogP contribution in [0.25, 0.3) is 0 Å². The van der Waals surface area contributed by atoms with E-state index < -0.39 is 0 Å². The first kappa shape index (κ1) is 14.9. The average molecular weight is 302 g/mol. The highest BCUT2D eigenvalue weighted by molar-refractivity contribution is 6.12. The van der Waals surface area contributed by atoms with E-state index in [2.05, 4.69) is 10.2 Å². The van der Waals surface area contributed by atoms with E-state index in [0.29, 0.717) is 5.56 Å². The summed E-state index contributed by atoms with van der Waals surface area (Å²) >= 11 is 0. The molecule has 0 aliphatic rings. The Morgan fingerprint density at radius 1 is 0.696 bits per heavy atom. The van der Waals surface area contributed by atoms with E-state index in [1.165, 1.54) is 12.3 Å². The fraction of sp³-hybridized carbons (Fsp3) is 0. The highest BCUT2D eigenvalue weighted by atomic mass is 19.1. The van der Waals surface area contributed by atoms with Gasteiger partial charge in [0.05, 0.1) is 6.21 Å². The molecule has 0 aliphatic carbocycles. The summed E-state index contributed by atoms with van der Waals surface area (Å²) in [4.78, 5) is 0. The summed E-state index contributed by atoms with van der Waals surface area (Å²) < 4.78 is 13.6. The summed E-state index contributed by atoms with van der Waals surface area (Å²) in [5.41, 5.74) is 3.09. The van der Waals surface area contributed by atoms with Crippen molar-refractivity contribution in [2.24, 2.45) is 10.2 Å². The molecule has 0 aromatic heterocycles. The summed E-state index contributed by atoms with van der Waals surface area (Å²) in [5, 5.41) is 8.40. The molecule has 3 heteroatoms. The van der Waals surface area contributed by atoms with Crippen molar-refractivity contribution >= 4 is 11.9 Å². The lowest BCUT2D eigenvalue weighted by Gasteiger charge is -2.05. The molecule has 0 atom stereocenters. The van der Waals surface area contributed by atoms with Gasteiger partial charge in [-0.3, -0.25) is 0 Å². The molecule has 0 aliphatic heterocycles. The van der Waals surface area contributed by atoms with E-state index in [4.69, 9.17) is 0 Å². The molecule has 0 spiro atoms. The molecule has 0 saturated carbocycles. The zero-order chi connectivity index (χ0) is 15.9. The quantitative estimate of drug-likeness (QED) is 0.493. The molecule has 3 aromatic rings. The molecule has 0 bridgehead atoms. The van der Waals surface area contributed by atoms with E-state index >= 15 is 0 Å². The first-order valence-electron chi connectivity index (χ1n) is 7.31. The third-order valence-corrected chi connectivity index (χ3v) is 3.35. The Kier molecular flexibility index (Phi) is 4.69. The largest absolute Gasteiger partial charge is 0.206 e. The number of hydrogen-bond acceptors (Lipinski definition) is 2. The van der Waals surface area contributed by atoms with Crippen molar-refractivity contribution < 1.29 is 4.39 Å². The minimum atomic E-state index is -0.313. The second-order valence-corrected chi connectivity index (χ2v) is 4.95. The number of nitrogens with zero attached hydrogens (tertiary/aromatic N) is 2. The van der Waals surface area contributed by atoms with Crippen LogP contribution < -0.4 is 0 Å². The maximum absolute atomic E-state index is 13.6. The Balaban J connectivity index is 1.97. The van der Waals surface area contributed by atoms with Gasteiger partial charge in [-0.1, -0.05) is 78.9 Å². The standard InChI is InChI=1S/C20H15FN2/c21-19-14-8-7-13-18(19)15-22-23-20(16-9-3-1-4-10-16)17-11-5-2-6-12-17/h1-15H/b22-15-. The van der Waals surface area contributed by atoms with Gasteiger partial charge in [-0.15, -0.1) is 5.10 Å². The Morgan fingerprint density at radius 2 is 1.22 bits per heavy atom. The minimum Gasteiger partial charge on any atom is -0.206 e. The molecule has 0 amide bonds. The van der Waals surface area contributed by atoms with Crippen LogP contribution in [-0.4, -0.2) is 11.9 Å². The molecule has 3 aromatic carbocycles. The third-order valence-electron chi connectivity index (χ3n) is 3.35. The monoisotopic (exact) mass is 302 g/mol. The van der Waals surface area contributed by atoms with Gasteiger partial charge in [0.15, 0.2) is 0 Å². The second kappa shape index (κ2) is 7.27. The van der Waals surface area contributed by atoms with Gasteiger partial charge in [0.1, 0.15) is 11.5 Å². The molecular weight excluding hydrogens is 287 g/mol. The maximum Gasteiger partial charge on any atom is 0.132 e. The number of hydrogen-bond donors (Lipinski definition) is 0. The van der Waals surface area contributed by atoms with E-state index in [-0.39, 0.29) is 5.82 Å². The molecule has 0 saturated heterocycles. The molecule has 0 N–H and O–H groups in total. The lowest BCUT2D eigenvalue weighted by molar-refractivity contribution is 0.626. The van der Waals surface area contributed by atoms with Crippen LogP contribution in [0.4, 0.5) is 4.39 Å². The summed E-state index contributed by atoms with van der Waals surface area (Å²) in [6.45, 7) is 0. The smallest absolute Gasteiger partial charge is 0.132 e. The lowest BCUT2D eigenvalue weighted by atomic mass is 10.0. The molecule has 3 rings (SSSR count). The predicted molar refractivity (Wildman–Crippen MR) is 92.5 cm³/mol. The van der Waals surface area contributed by atoms with E-state index in [0.717, 1.165) is 16.8 Å². The van der Waals surface area contributed by atoms with Gasteiger partial charge < -0.3 is 0 Å². The predicted octanol–water partition coefficient (Wildman–Crippen LogP) is 4.70. The number of rotatable bonds is 4. The van der Waals surface area contributed by atoms with Gasteiger partial charge in [0, 0.05) is 16.7 Å². The van der Waals surface area contributed by atoms with Crippen molar-refractivity contribution in [2.45, 2.75) is 0 Å². The van der Waals surface area contributed by atoms with Crippen molar-refractivity contribution in [3.8, 4) is 0 Å². The first-order chi connectivity index (χ1) is 11.3. The van der Waals surface area contributed by atoms with Crippen molar-refractivity contribution in [3.05, 3.63) is 107 Å². The van der Waals surface area contributed by atoms with Crippen LogP contribution in [0.1, 0.15) is 16.7 Å². The van der Waals surface area contributed by atoms with E-state index in [9.17, 15) is 4.39 Å². The summed E-state index contributed by atoms with van der Waals surface area (Å²) in [6.07, 6.45) is 1.43. The van der Waals surface area contributed by atoms with Gasteiger partial charge in [0.25, 0.3) is 0 Å². The third kappa shape index (κ3) is 3.77. The Morgan fingerprint density at radius 3 is 1.78 bits per heavy atom. The SMILES string of the molecule is Fc1ccccc1/C=N\N=C(c1ccccc1)c1ccccc1. The Bertz CT molecular complexity index is 783. The van der Waals surface area contributed by atoms with Gasteiger partial charge in [0.2, 0.25) is 0 Å². The van der Waals surface area contributed by atoms with Crippen molar-refractivity contribution in [1.82, 2.24) is 0 Å². The molecule has 0 heterocycles. The molecule has 23 heavy (non-hydrogen) atoms. The van der Waals surface area contributed by atoms with Crippen molar-refractivity contribution in [2.75, 3.05) is 0 Å². The zero-order valence-electron chi connectivity index (χ0n) is 12.4. The normalized spacial score (nSPS) is 10.7. The average Bonchev–Trinajstić information content (AvgIpc) is 2.62. The van der Waals surface area contributed by atoms with Crippen LogP contribution in [0, 0.1) is 5.82 Å². The van der Waals surface area contributed by atoms with E-state index in [1.54, 1.807) is 18.2 Å². The van der Waals surface area contributed by atoms with Gasteiger partial charge in [-0.2, -0.15) is 5.10 Å². The van der Waals surface area contributed by atoms with E-state index in [1.807, 2.05) is 60.7 Å². The number of halogens is 1. The highest BCUT2D eigenvalue weighted by Crippen LogP contribution is 2.11. The first-order valence-corrected chi connectivity index (χ1v) is 7.31. The number of benzene rings is 3. The molecule has 0 unspecified atom stereocenters. The van der Waals surface area contributed by atoms with Crippen molar-refractivity contribution in [1.29, 1.82) is 0 Å². The fourth-order valence-electron chi connectivity index (χ4n) is 2.20. The second-order valence-electron chi connectivity index (χ2n) is 4.95. The van der Waals surface area contributed by atoms with Gasteiger partial charge >= 0.3 is 0 Å². The van der Waals surface area contributed by atoms with Crippen LogP contribution in [-0.2, 0) is 0 Å². The van der Waals surface area contributed by atoms with Crippen LogP contribution in [0.15, 0.2) is 95.1 Å². The minimum absolute atomic E-state index is 0.313. The Hall–Kier alpha value is -3.07. The van der Waals surface area contributed by atoms with Crippen LogP contribution in [0.2, 0.25) is 0 Å². The summed E-state index contributed by atoms with van der Waals surface area (Å²) in [6, 6.07) is 26.1. The molecule has 2 nitrogen and oxygen atoms in total. The molecular formula is C20H15FN2. The summed E-state index contributed by atoms with van der Waals surface area (Å²) in [7, 11) is 0. The summed E-state index contributed by atoms with van der Waals surface area (Å²) in [5.74, 6) is -0.313. The molecule has 112 valence electrons. The molecule has 0 radical (unpaired) electrons. The van der Waals surface area contributed by atoms with Crippen LogP contribution in [0.5, 0.6) is 0 Å². The maximum atomic E-state index is 13.6. The Labute approximate surface area is 134 Å². The highest BCUT2D eigenvalue weighted by Gasteiger charge is 2.05. The zero-order valence-corrected chi connectivity index (χ0v) is 12.4. The van der Waals surface area contributed by atoms with Gasteiger partial charge in [-0.05, 0) is 6.07 Å². The topological polar surface area (TPSA) is 24.7 Å². The van der Waals surface area contributed by atoms with Crippen LogP contribution >= 0.6 is 0 Å². The fourth-order valence-corrected chi connectivity index (χ4v) is 2.20. The molecule has 0 fully saturated rings. The van der Waals surface area contributed by atoms with Gasteiger partial charge in [-0.25, -0.2) is 4.39 Å². The van der Waals surface area contributed by atoms with Crippen LogP contribution in [0.3, 0.4) is 0 Å².